The van der Waals surface area contributed by atoms with E-state index in [9.17, 15) is 4.79 Å². The fraction of sp³-hybridized carbons (Fsp3) is 0.300. The Hall–Kier alpha value is -0.540. The molecular weight excluding hydrogens is 265 g/mol. The van der Waals surface area contributed by atoms with Gasteiger partial charge in [-0.2, -0.15) is 0 Å². The quantitative estimate of drug-likeness (QED) is 0.845. The second kappa shape index (κ2) is 5.37. The first-order valence-electron chi connectivity index (χ1n) is 4.26. The maximum Gasteiger partial charge on any atom is 0.253 e. The molecule has 0 radical (unpaired) electrons. The molecule has 76 valence electrons. The van der Waals surface area contributed by atoms with Gasteiger partial charge in [0, 0.05) is 11.4 Å². The summed E-state index contributed by atoms with van der Waals surface area (Å²) in [6.07, 6.45) is 0. The lowest BCUT2D eigenvalue weighted by Crippen LogP contribution is -2.33. The van der Waals surface area contributed by atoms with Crippen LogP contribution in [0.3, 0.4) is 0 Å². The van der Waals surface area contributed by atoms with E-state index < -0.39 is 0 Å². The van der Waals surface area contributed by atoms with Crippen molar-refractivity contribution >= 4 is 33.4 Å². The van der Waals surface area contributed by atoms with Crippen LogP contribution in [0.5, 0.6) is 0 Å². The normalized spacial score (nSPS) is 12.2. The summed E-state index contributed by atoms with van der Waals surface area (Å²) in [4.78, 5) is 11.6. The second-order valence-corrected chi connectivity index (χ2v) is 4.06. The van der Waals surface area contributed by atoms with Gasteiger partial charge in [0.25, 0.3) is 5.91 Å². The Morgan fingerprint density at radius 1 is 1.57 bits per heavy atom. The molecule has 0 saturated carbocycles. The number of hydrogen-bond donors (Lipinski definition) is 1. The van der Waals surface area contributed by atoms with E-state index in [4.69, 9.17) is 11.6 Å². The zero-order chi connectivity index (χ0) is 10.6. The molecule has 0 aromatic heterocycles. The number of carbonyl (C=O) groups excluding carboxylic acids is 1. The molecule has 14 heavy (non-hydrogen) atoms. The molecule has 2 nitrogen and oxygen atoms in total. The number of nitrogens with one attached hydrogen (secondary N) is 1. The van der Waals surface area contributed by atoms with Gasteiger partial charge in [0.2, 0.25) is 0 Å². The average molecular weight is 277 g/mol. The summed E-state index contributed by atoms with van der Waals surface area (Å²) in [5, 5.41) is 4.02. The van der Waals surface area contributed by atoms with Crippen molar-refractivity contribution in [1.29, 1.82) is 0 Å². The Kier molecular flexibility index (Phi) is 4.42. The Morgan fingerprint density at radius 2 is 2.21 bits per heavy atom. The number of alkyl halides is 1. The Balaban J connectivity index is 2.75. The highest BCUT2D eigenvalue weighted by Gasteiger charge is 2.11. The van der Waals surface area contributed by atoms with Crippen molar-refractivity contribution in [3.8, 4) is 0 Å². The molecule has 0 bridgehead atoms. The van der Waals surface area contributed by atoms with Crippen molar-refractivity contribution in [3.05, 3.63) is 34.9 Å². The molecule has 1 N–H and O–H groups in total. The Morgan fingerprint density at radius 3 is 2.79 bits per heavy atom. The van der Waals surface area contributed by atoms with Crippen LogP contribution in [0.25, 0.3) is 0 Å². The number of amides is 1. The average Bonchev–Trinajstić information content (AvgIpc) is 2.18. The highest BCUT2D eigenvalue weighted by atomic mass is 79.9. The van der Waals surface area contributed by atoms with Gasteiger partial charge in [-0.05, 0) is 19.1 Å². The lowest BCUT2D eigenvalue weighted by molar-refractivity contribution is 0.0944. The number of benzene rings is 1. The minimum Gasteiger partial charge on any atom is -0.349 e. The molecule has 0 aliphatic heterocycles. The first-order chi connectivity index (χ1) is 6.65. The predicted octanol–water partition coefficient (Wildman–Crippen LogP) is 2.85. The summed E-state index contributed by atoms with van der Waals surface area (Å²) in [5.41, 5.74) is 0.516. The number of halogens is 2. The predicted molar refractivity (Wildman–Crippen MR) is 62.2 cm³/mol. The molecular formula is C10H11BrClNO. The maximum absolute atomic E-state index is 11.6. The van der Waals surface area contributed by atoms with Crippen molar-refractivity contribution in [3.63, 3.8) is 0 Å². The molecule has 0 spiro atoms. The molecule has 0 saturated heterocycles. The van der Waals surface area contributed by atoms with E-state index in [1.54, 1.807) is 24.3 Å². The molecule has 4 heteroatoms. The minimum absolute atomic E-state index is 0.0961. The maximum atomic E-state index is 11.6. The van der Waals surface area contributed by atoms with Gasteiger partial charge in [0.15, 0.2) is 0 Å². The van der Waals surface area contributed by atoms with Crippen molar-refractivity contribution in [2.24, 2.45) is 0 Å². The fourth-order valence-electron chi connectivity index (χ4n) is 0.985. The number of carbonyl (C=O) groups is 1. The zero-order valence-electron chi connectivity index (χ0n) is 7.76. The molecule has 0 aliphatic carbocycles. The molecule has 1 aromatic rings. The Bertz CT molecular complexity index is 330. The van der Waals surface area contributed by atoms with Crippen LogP contribution < -0.4 is 5.32 Å². The first kappa shape index (κ1) is 11.5. The van der Waals surface area contributed by atoms with E-state index in [1.807, 2.05) is 6.92 Å². The topological polar surface area (TPSA) is 29.1 Å². The van der Waals surface area contributed by atoms with Gasteiger partial charge in [-0.25, -0.2) is 0 Å². The molecule has 1 aromatic carbocycles. The first-order valence-corrected chi connectivity index (χ1v) is 5.76. The van der Waals surface area contributed by atoms with Gasteiger partial charge in [0.1, 0.15) is 0 Å². The van der Waals surface area contributed by atoms with Crippen LogP contribution in [-0.2, 0) is 0 Å². The summed E-state index contributed by atoms with van der Waals surface area (Å²) in [5.74, 6) is -0.137. The van der Waals surface area contributed by atoms with Crippen molar-refractivity contribution in [1.82, 2.24) is 5.32 Å². The fourth-order valence-corrected chi connectivity index (χ4v) is 1.37. The van der Waals surface area contributed by atoms with Crippen molar-refractivity contribution in [2.45, 2.75) is 13.0 Å². The largest absolute Gasteiger partial charge is 0.349 e. The smallest absolute Gasteiger partial charge is 0.253 e. The molecule has 1 unspecified atom stereocenters. The van der Waals surface area contributed by atoms with Crippen LogP contribution in [0.15, 0.2) is 24.3 Å². The van der Waals surface area contributed by atoms with E-state index in [0.717, 1.165) is 5.33 Å². The Labute approximate surface area is 96.8 Å². The number of rotatable bonds is 3. The number of hydrogen-bond acceptors (Lipinski definition) is 1. The highest BCUT2D eigenvalue weighted by molar-refractivity contribution is 9.09. The zero-order valence-corrected chi connectivity index (χ0v) is 10.1. The summed E-state index contributed by atoms with van der Waals surface area (Å²) >= 11 is 9.16. The summed E-state index contributed by atoms with van der Waals surface area (Å²) in [6.45, 7) is 1.92. The molecule has 1 amide bonds. The van der Waals surface area contributed by atoms with E-state index in [0.29, 0.717) is 10.6 Å². The van der Waals surface area contributed by atoms with Crippen LogP contribution in [0, 0.1) is 0 Å². The van der Waals surface area contributed by atoms with Crippen molar-refractivity contribution in [2.75, 3.05) is 5.33 Å². The molecule has 0 aliphatic rings. The lowest BCUT2D eigenvalue weighted by Gasteiger charge is -2.11. The van der Waals surface area contributed by atoms with E-state index in [-0.39, 0.29) is 11.9 Å². The van der Waals surface area contributed by atoms with Gasteiger partial charge in [-0.1, -0.05) is 39.7 Å². The van der Waals surface area contributed by atoms with Gasteiger partial charge >= 0.3 is 0 Å². The summed E-state index contributed by atoms with van der Waals surface area (Å²) in [6, 6.07) is 7.10. The van der Waals surface area contributed by atoms with E-state index >= 15 is 0 Å². The van der Waals surface area contributed by atoms with E-state index in [2.05, 4.69) is 21.2 Å². The SMILES string of the molecule is CC(CBr)NC(=O)c1ccccc1Cl. The van der Waals surface area contributed by atoms with Crippen LogP contribution in [0.1, 0.15) is 17.3 Å². The molecule has 1 atom stereocenters. The lowest BCUT2D eigenvalue weighted by atomic mass is 10.2. The standard InChI is InChI=1S/C10H11BrClNO/c1-7(6-11)13-10(14)8-4-2-3-5-9(8)12/h2-5,7H,6H2,1H3,(H,13,14). The van der Waals surface area contributed by atoms with Crippen LogP contribution in [-0.4, -0.2) is 17.3 Å². The monoisotopic (exact) mass is 275 g/mol. The third-order valence-electron chi connectivity index (χ3n) is 1.73. The highest BCUT2D eigenvalue weighted by Crippen LogP contribution is 2.14. The van der Waals surface area contributed by atoms with Gasteiger partial charge in [-0.15, -0.1) is 0 Å². The minimum atomic E-state index is -0.137. The third-order valence-corrected chi connectivity index (χ3v) is 3.03. The van der Waals surface area contributed by atoms with Gasteiger partial charge < -0.3 is 5.32 Å². The third kappa shape index (κ3) is 3.00. The van der Waals surface area contributed by atoms with Crippen LogP contribution in [0.4, 0.5) is 0 Å². The van der Waals surface area contributed by atoms with Crippen molar-refractivity contribution < 1.29 is 4.79 Å². The van der Waals surface area contributed by atoms with Crippen LogP contribution >= 0.6 is 27.5 Å². The van der Waals surface area contributed by atoms with E-state index in [1.165, 1.54) is 0 Å². The second-order valence-electron chi connectivity index (χ2n) is 3.01. The molecule has 0 fully saturated rings. The van der Waals surface area contributed by atoms with Gasteiger partial charge in [-0.3, -0.25) is 4.79 Å². The molecule has 0 heterocycles. The van der Waals surface area contributed by atoms with Gasteiger partial charge in [0.05, 0.1) is 10.6 Å². The molecule has 1 rings (SSSR count). The summed E-state index contributed by atoms with van der Waals surface area (Å²) < 4.78 is 0. The summed E-state index contributed by atoms with van der Waals surface area (Å²) in [7, 11) is 0. The van der Waals surface area contributed by atoms with Crippen LogP contribution in [0.2, 0.25) is 5.02 Å².